The molecular formula is C54H36Br2Cl2N2. The Kier molecular flexibility index (Phi) is 11.7. The van der Waals surface area contributed by atoms with Crippen LogP contribution in [0.15, 0.2) is 227 Å². The predicted molar refractivity (Wildman–Crippen MR) is 263 cm³/mol. The van der Waals surface area contributed by atoms with E-state index >= 15 is 0 Å². The molecule has 0 radical (unpaired) electrons. The van der Waals surface area contributed by atoms with Gasteiger partial charge in [0, 0.05) is 42.6 Å². The summed E-state index contributed by atoms with van der Waals surface area (Å²) in [5, 5.41) is 0.999. The van der Waals surface area contributed by atoms with Gasteiger partial charge >= 0.3 is 0 Å². The SMILES string of the molecule is Clc1cc(Cl)c(N(c2cccc(Br)c2)c2c(-c3ccccc3)cccc2-c2ccccc2)cc1N(c1cccc(Br)c1)c1c(-c2ccccc2)cccc1-c1ccccc1. The number of benzene rings is 9. The first-order valence-electron chi connectivity index (χ1n) is 19.5. The molecule has 9 aromatic rings. The molecule has 0 unspecified atom stereocenters. The average Bonchev–Trinajstić information content (AvgIpc) is 3.29. The lowest BCUT2D eigenvalue weighted by Crippen LogP contribution is -2.16. The maximum absolute atomic E-state index is 7.54. The summed E-state index contributed by atoms with van der Waals surface area (Å²) in [7, 11) is 0. The summed E-state index contributed by atoms with van der Waals surface area (Å²) >= 11 is 22.7. The first-order valence-corrected chi connectivity index (χ1v) is 21.9. The number of para-hydroxylation sites is 2. The Balaban J connectivity index is 1.39. The highest BCUT2D eigenvalue weighted by Gasteiger charge is 2.29. The third-order valence-electron chi connectivity index (χ3n) is 10.5. The minimum Gasteiger partial charge on any atom is -0.308 e. The van der Waals surface area contributed by atoms with Gasteiger partial charge in [-0.25, -0.2) is 0 Å². The summed E-state index contributed by atoms with van der Waals surface area (Å²) in [4.78, 5) is 4.55. The zero-order chi connectivity index (χ0) is 41.0. The monoisotopic (exact) mass is 940 g/mol. The van der Waals surface area contributed by atoms with Crippen molar-refractivity contribution in [3.8, 4) is 44.5 Å². The highest BCUT2D eigenvalue weighted by atomic mass is 79.9. The van der Waals surface area contributed by atoms with Gasteiger partial charge in [0.2, 0.25) is 0 Å². The van der Waals surface area contributed by atoms with Crippen molar-refractivity contribution in [3.05, 3.63) is 237 Å². The van der Waals surface area contributed by atoms with E-state index < -0.39 is 0 Å². The maximum atomic E-state index is 7.54. The molecule has 9 rings (SSSR count). The number of nitrogens with zero attached hydrogens (tertiary/aromatic N) is 2. The van der Waals surface area contributed by atoms with Crippen LogP contribution in [0.3, 0.4) is 0 Å². The minimum atomic E-state index is 0.499. The van der Waals surface area contributed by atoms with Crippen LogP contribution in [0.25, 0.3) is 44.5 Å². The largest absolute Gasteiger partial charge is 0.308 e. The Morgan fingerprint density at radius 3 is 0.900 bits per heavy atom. The van der Waals surface area contributed by atoms with Crippen molar-refractivity contribution in [3.63, 3.8) is 0 Å². The van der Waals surface area contributed by atoms with Crippen molar-refractivity contribution in [2.75, 3.05) is 9.80 Å². The Morgan fingerprint density at radius 2 is 0.600 bits per heavy atom. The van der Waals surface area contributed by atoms with Crippen LogP contribution in [0.4, 0.5) is 34.1 Å². The summed E-state index contributed by atoms with van der Waals surface area (Å²) < 4.78 is 1.88. The van der Waals surface area contributed by atoms with E-state index in [1.807, 2.05) is 42.5 Å². The van der Waals surface area contributed by atoms with E-state index in [0.29, 0.717) is 10.0 Å². The Labute approximate surface area is 378 Å². The van der Waals surface area contributed by atoms with Gasteiger partial charge in [0.1, 0.15) is 0 Å². The zero-order valence-corrected chi connectivity index (χ0v) is 36.9. The van der Waals surface area contributed by atoms with Gasteiger partial charge in [-0.2, -0.15) is 0 Å². The van der Waals surface area contributed by atoms with Crippen LogP contribution in [-0.4, -0.2) is 0 Å². The van der Waals surface area contributed by atoms with Crippen molar-refractivity contribution >= 4 is 89.2 Å². The molecule has 0 N–H and O–H groups in total. The van der Waals surface area contributed by atoms with Crippen LogP contribution in [0, 0.1) is 0 Å². The molecule has 0 saturated heterocycles. The summed E-state index contributed by atoms with van der Waals surface area (Å²) in [6, 6.07) is 75.8. The highest BCUT2D eigenvalue weighted by Crippen LogP contribution is 2.54. The molecule has 290 valence electrons. The zero-order valence-electron chi connectivity index (χ0n) is 32.2. The van der Waals surface area contributed by atoms with E-state index in [2.05, 4.69) is 218 Å². The van der Waals surface area contributed by atoms with Crippen LogP contribution in [-0.2, 0) is 0 Å². The standard InChI is InChI=1S/C54H36Br2Cl2N2/c55-41-25-13-27-43(33-41)59(53-45(37-17-5-1-6-18-37)29-15-30-46(53)38-19-7-2-8-20-38)51-36-52(50(58)35-49(51)57)60(44-28-14-26-42(56)34-44)54-47(39-21-9-3-10-22-39)31-16-32-48(54)40-23-11-4-12-24-40/h1-36H. The fourth-order valence-corrected chi connectivity index (χ4v) is 9.17. The molecule has 2 nitrogen and oxygen atoms in total. The lowest BCUT2D eigenvalue weighted by molar-refractivity contribution is 1.25. The van der Waals surface area contributed by atoms with E-state index in [1.54, 1.807) is 0 Å². The second-order valence-electron chi connectivity index (χ2n) is 14.3. The molecule has 0 fully saturated rings. The van der Waals surface area contributed by atoms with Crippen molar-refractivity contribution < 1.29 is 0 Å². The van der Waals surface area contributed by atoms with Crippen LogP contribution in [0.2, 0.25) is 10.0 Å². The molecular weight excluding hydrogens is 907 g/mol. The molecule has 9 aromatic carbocycles. The predicted octanol–water partition coefficient (Wildman–Crippen LogP) is 18.1. The lowest BCUT2D eigenvalue weighted by atomic mass is 9.93. The van der Waals surface area contributed by atoms with Gasteiger partial charge in [-0.15, -0.1) is 0 Å². The van der Waals surface area contributed by atoms with Crippen molar-refractivity contribution in [2.45, 2.75) is 0 Å². The average molecular weight is 944 g/mol. The topological polar surface area (TPSA) is 6.48 Å². The Morgan fingerprint density at radius 1 is 0.300 bits per heavy atom. The van der Waals surface area contributed by atoms with Gasteiger partial charge in [0.25, 0.3) is 0 Å². The van der Waals surface area contributed by atoms with Crippen LogP contribution >= 0.6 is 55.1 Å². The van der Waals surface area contributed by atoms with Gasteiger partial charge in [-0.3, -0.25) is 0 Å². The van der Waals surface area contributed by atoms with E-state index in [-0.39, 0.29) is 0 Å². The molecule has 0 heterocycles. The van der Waals surface area contributed by atoms with Crippen LogP contribution in [0.1, 0.15) is 0 Å². The summed E-state index contributed by atoms with van der Waals surface area (Å²) in [6.07, 6.45) is 0. The number of anilines is 6. The van der Waals surface area contributed by atoms with Crippen molar-refractivity contribution in [2.24, 2.45) is 0 Å². The smallest absolute Gasteiger partial charge is 0.0670 e. The molecule has 0 aromatic heterocycles. The van der Waals surface area contributed by atoms with Gasteiger partial charge in [0.05, 0.1) is 32.8 Å². The Bertz CT molecular complexity index is 2610. The fraction of sp³-hybridized carbons (Fsp3) is 0. The second-order valence-corrected chi connectivity index (χ2v) is 16.9. The number of hydrogen-bond donors (Lipinski definition) is 0. The van der Waals surface area contributed by atoms with Crippen LogP contribution in [0.5, 0.6) is 0 Å². The fourth-order valence-electron chi connectivity index (χ4n) is 7.85. The van der Waals surface area contributed by atoms with Gasteiger partial charge in [-0.1, -0.05) is 225 Å². The van der Waals surface area contributed by atoms with Crippen molar-refractivity contribution in [1.82, 2.24) is 0 Å². The molecule has 0 atom stereocenters. The van der Waals surface area contributed by atoms with E-state index in [9.17, 15) is 0 Å². The maximum Gasteiger partial charge on any atom is 0.0670 e. The normalized spacial score (nSPS) is 11.0. The molecule has 0 saturated carbocycles. The second kappa shape index (κ2) is 17.8. The molecule has 0 bridgehead atoms. The number of hydrogen-bond acceptors (Lipinski definition) is 2. The van der Waals surface area contributed by atoms with E-state index in [4.69, 9.17) is 23.2 Å². The van der Waals surface area contributed by atoms with Gasteiger partial charge < -0.3 is 9.80 Å². The third-order valence-corrected chi connectivity index (χ3v) is 12.1. The summed E-state index contributed by atoms with van der Waals surface area (Å²) in [5.74, 6) is 0. The number of rotatable bonds is 10. The summed E-state index contributed by atoms with van der Waals surface area (Å²) in [6.45, 7) is 0. The molecule has 0 spiro atoms. The van der Waals surface area contributed by atoms with Crippen LogP contribution < -0.4 is 9.80 Å². The first-order chi connectivity index (χ1) is 29.4. The molecule has 60 heavy (non-hydrogen) atoms. The molecule has 0 amide bonds. The third kappa shape index (κ3) is 8.04. The quantitative estimate of drug-likeness (QED) is 0.135. The Hall–Kier alpha value is -5.88. The molecule has 0 aliphatic carbocycles. The van der Waals surface area contributed by atoms with Gasteiger partial charge in [-0.05, 0) is 70.8 Å². The minimum absolute atomic E-state index is 0.499. The lowest BCUT2D eigenvalue weighted by Gasteiger charge is -2.34. The summed E-state index contributed by atoms with van der Waals surface area (Å²) in [5.41, 5.74) is 13.8. The highest BCUT2D eigenvalue weighted by molar-refractivity contribution is 9.10. The molecule has 0 aliphatic heterocycles. The van der Waals surface area contributed by atoms with E-state index in [1.165, 1.54) is 0 Å². The molecule has 6 heteroatoms. The van der Waals surface area contributed by atoms with Gasteiger partial charge in [0.15, 0.2) is 0 Å². The number of halogens is 4. The van der Waals surface area contributed by atoms with Crippen molar-refractivity contribution in [1.29, 1.82) is 0 Å². The first kappa shape index (κ1) is 39.6. The van der Waals surface area contributed by atoms with E-state index in [0.717, 1.165) is 87.6 Å². The molecule has 0 aliphatic rings.